The topological polar surface area (TPSA) is 43.4 Å². The monoisotopic (exact) mass is 346 g/mol. The molecule has 4 heteroatoms. The molecule has 0 aromatic heterocycles. The van der Waals surface area contributed by atoms with Crippen LogP contribution in [-0.4, -0.2) is 24.5 Å². The van der Waals surface area contributed by atoms with Crippen molar-refractivity contribution in [3.63, 3.8) is 0 Å². The number of hydrogen-bond acceptors (Lipinski definition) is 3. The summed E-state index contributed by atoms with van der Waals surface area (Å²) in [5.74, 6) is 0.409. The van der Waals surface area contributed by atoms with Crippen LogP contribution in [0.25, 0.3) is 0 Å². The van der Waals surface area contributed by atoms with E-state index < -0.39 is 23.8 Å². The van der Waals surface area contributed by atoms with E-state index >= 15 is 0 Å². The molecule has 0 aliphatic heterocycles. The number of hydrogen-bond donors (Lipinski definition) is 0. The SMILES string of the molecule is C[CH2][Sn]([CH2]C)([CH2]C)[c]1c(OC(C)C)c(=O)c1=O. The second-order valence-electron chi connectivity index (χ2n) is 4.87. The summed E-state index contributed by atoms with van der Waals surface area (Å²) in [5, 5.41) is 0. The van der Waals surface area contributed by atoms with E-state index in [1.165, 1.54) is 0 Å². The van der Waals surface area contributed by atoms with Crippen LogP contribution in [0.5, 0.6) is 5.75 Å². The maximum atomic E-state index is 11.8. The van der Waals surface area contributed by atoms with Crippen LogP contribution in [0.15, 0.2) is 9.59 Å². The Morgan fingerprint density at radius 3 is 1.82 bits per heavy atom. The molecular formula is C13H22O3Sn. The summed E-state index contributed by atoms with van der Waals surface area (Å²) in [6.45, 7) is 10.2. The van der Waals surface area contributed by atoms with Gasteiger partial charge in [0.15, 0.2) is 0 Å². The first-order chi connectivity index (χ1) is 7.93. The summed E-state index contributed by atoms with van der Waals surface area (Å²) in [5.41, 5.74) is -0.646. The second kappa shape index (κ2) is 5.55. The summed E-state index contributed by atoms with van der Waals surface area (Å²) < 4.78 is 9.60. The molecule has 0 bridgehead atoms. The number of rotatable bonds is 6. The summed E-state index contributed by atoms with van der Waals surface area (Å²) >= 11 is -2.60. The van der Waals surface area contributed by atoms with E-state index in [9.17, 15) is 9.59 Å². The Hall–Kier alpha value is -0.321. The van der Waals surface area contributed by atoms with Gasteiger partial charge in [0.1, 0.15) is 0 Å². The van der Waals surface area contributed by atoms with Crippen LogP contribution in [0, 0.1) is 0 Å². The van der Waals surface area contributed by atoms with Gasteiger partial charge in [-0.2, -0.15) is 0 Å². The zero-order valence-electron chi connectivity index (χ0n) is 11.4. The normalized spacial score (nSPS) is 12.4. The fourth-order valence-electron chi connectivity index (χ4n) is 2.48. The third-order valence-electron chi connectivity index (χ3n) is 3.78. The molecule has 96 valence electrons. The van der Waals surface area contributed by atoms with Crippen LogP contribution >= 0.6 is 0 Å². The maximum absolute atomic E-state index is 11.8. The Kier molecular flexibility index (Phi) is 4.81. The van der Waals surface area contributed by atoms with E-state index in [0.717, 1.165) is 16.9 Å². The summed E-state index contributed by atoms with van der Waals surface area (Å²) in [6.07, 6.45) is -0.0355. The molecule has 3 nitrogen and oxygen atoms in total. The van der Waals surface area contributed by atoms with Crippen LogP contribution in [-0.2, 0) is 0 Å². The van der Waals surface area contributed by atoms with Gasteiger partial charge in [-0.3, -0.25) is 0 Å². The Morgan fingerprint density at radius 2 is 1.47 bits per heavy atom. The minimum absolute atomic E-state index is 0.0355. The van der Waals surface area contributed by atoms with E-state index in [1.54, 1.807) is 0 Å². The molecule has 1 aromatic carbocycles. The van der Waals surface area contributed by atoms with Crippen molar-refractivity contribution in [2.45, 2.75) is 54.0 Å². The Labute approximate surface area is 107 Å². The molecule has 1 rings (SSSR count). The Bertz CT molecular complexity index is 443. The van der Waals surface area contributed by atoms with Crippen molar-refractivity contribution in [2.24, 2.45) is 0 Å². The first kappa shape index (κ1) is 14.7. The average Bonchev–Trinajstić information content (AvgIpc) is 2.33. The molecular weight excluding hydrogens is 323 g/mol. The molecule has 0 atom stereocenters. The Balaban J connectivity index is 3.26. The van der Waals surface area contributed by atoms with Crippen LogP contribution in [0.3, 0.4) is 0 Å². The van der Waals surface area contributed by atoms with Crippen molar-refractivity contribution in [3.8, 4) is 5.75 Å². The molecule has 0 fully saturated rings. The van der Waals surface area contributed by atoms with Crippen molar-refractivity contribution >= 4 is 22.0 Å². The van der Waals surface area contributed by atoms with Gasteiger partial charge < -0.3 is 0 Å². The molecule has 0 radical (unpaired) electrons. The van der Waals surface area contributed by atoms with Gasteiger partial charge in [-0.25, -0.2) is 0 Å². The van der Waals surface area contributed by atoms with Crippen LogP contribution < -0.4 is 19.2 Å². The standard InChI is InChI=1S/C7H7O3.3C2H5.Sn/c1-4(2)10-6-3-5(8)7(6)9;3*1-2;/h4H,1-2H3;3*1H2,2H3;. The van der Waals surface area contributed by atoms with Crippen molar-refractivity contribution in [1.82, 2.24) is 0 Å². The van der Waals surface area contributed by atoms with Crippen LogP contribution in [0.4, 0.5) is 0 Å². The average molecular weight is 345 g/mol. The molecule has 0 amide bonds. The van der Waals surface area contributed by atoms with Gasteiger partial charge >= 0.3 is 107 Å². The van der Waals surface area contributed by atoms with Crippen LogP contribution in [0.1, 0.15) is 34.6 Å². The van der Waals surface area contributed by atoms with Crippen molar-refractivity contribution < 1.29 is 4.74 Å². The zero-order valence-corrected chi connectivity index (χ0v) is 14.3. The molecule has 0 unspecified atom stereocenters. The summed E-state index contributed by atoms with van der Waals surface area (Å²) in [6, 6.07) is 0. The molecule has 0 heterocycles. The van der Waals surface area contributed by atoms with Crippen LogP contribution in [0.2, 0.25) is 13.3 Å². The van der Waals surface area contributed by atoms with Gasteiger partial charge in [0.2, 0.25) is 0 Å². The fourth-order valence-corrected chi connectivity index (χ4v) is 13.4. The van der Waals surface area contributed by atoms with Gasteiger partial charge in [0, 0.05) is 0 Å². The molecule has 0 aliphatic carbocycles. The van der Waals surface area contributed by atoms with E-state index in [-0.39, 0.29) is 11.5 Å². The quantitative estimate of drug-likeness (QED) is 0.583. The molecule has 0 saturated carbocycles. The van der Waals surface area contributed by atoms with Gasteiger partial charge in [-0.15, -0.1) is 0 Å². The predicted octanol–water partition coefficient (Wildman–Crippen LogP) is 1.79. The zero-order chi connectivity index (χ0) is 13.2. The van der Waals surface area contributed by atoms with Crippen molar-refractivity contribution in [2.75, 3.05) is 0 Å². The molecule has 0 N–H and O–H groups in total. The third-order valence-corrected chi connectivity index (χ3v) is 19.7. The fraction of sp³-hybridized carbons (Fsp3) is 0.692. The van der Waals surface area contributed by atoms with E-state index in [0.29, 0.717) is 5.75 Å². The van der Waals surface area contributed by atoms with Gasteiger partial charge in [-0.05, 0) is 0 Å². The molecule has 17 heavy (non-hydrogen) atoms. The first-order valence-corrected chi connectivity index (χ1v) is 13.9. The molecule has 1 aromatic rings. The second-order valence-corrected chi connectivity index (χ2v) is 19.7. The molecule has 0 spiro atoms. The number of ether oxygens (including phenoxy) is 1. The predicted molar refractivity (Wildman–Crippen MR) is 73.9 cm³/mol. The van der Waals surface area contributed by atoms with Gasteiger partial charge in [0.05, 0.1) is 0 Å². The van der Waals surface area contributed by atoms with Crippen molar-refractivity contribution in [3.05, 3.63) is 20.4 Å². The van der Waals surface area contributed by atoms with E-state index in [1.807, 2.05) is 13.8 Å². The van der Waals surface area contributed by atoms with Gasteiger partial charge in [0.25, 0.3) is 0 Å². The van der Waals surface area contributed by atoms with E-state index in [2.05, 4.69) is 20.8 Å². The minimum atomic E-state index is -2.60. The van der Waals surface area contributed by atoms with Gasteiger partial charge in [-0.1, -0.05) is 0 Å². The molecule has 0 aliphatic rings. The summed E-state index contributed by atoms with van der Waals surface area (Å²) in [4.78, 5) is 23.4. The molecule has 0 saturated heterocycles. The first-order valence-electron chi connectivity index (χ1n) is 6.43. The van der Waals surface area contributed by atoms with E-state index in [4.69, 9.17) is 4.74 Å². The summed E-state index contributed by atoms with van der Waals surface area (Å²) in [7, 11) is 0. The third kappa shape index (κ3) is 2.44. The van der Waals surface area contributed by atoms with Crippen molar-refractivity contribution in [1.29, 1.82) is 0 Å². The Morgan fingerprint density at radius 1 is 1.00 bits per heavy atom.